The number of anilines is 2. The van der Waals surface area contributed by atoms with E-state index in [0.29, 0.717) is 0 Å². The first-order valence-electron chi connectivity index (χ1n) is 9.02. The summed E-state index contributed by atoms with van der Waals surface area (Å²) < 4.78 is 0. The molecule has 0 amide bonds. The quantitative estimate of drug-likeness (QED) is 0.435. The first-order chi connectivity index (χ1) is 13.1. The van der Waals surface area contributed by atoms with E-state index in [-0.39, 0.29) is 0 Å². The lowest BCUT2D eigenvalue weighted by Gasteiger charge is -2.12. The Hall–Kier alpha value is -3.52. The summed E-state index contributed by atoms with van der Waals surface area (Å²) in [6.07, 6.45) is 0. The van der Waals surface area contributed by atoms with Crippen LogP contribution < -0.4 is 11.5 Å². The molecule has 0 heterocycles. The van der Waals surface area contributed by atoms with Crippen molar-refractivity contribution in [3.8, 4) is 33.4 Å². The number of hydrogen-bond donors (Lipinski definition) is 2. The van der Waals surface area contributed by atoms with Gasteiger partial charge in [-0.15, -0.1) is 0 Å². The fraction of sp³-hybridized carbons (Fsp3) is 0.0400. The summed E-state index contributed by atoms with van der Waals surface area (Å²) in [5.41, 5.74) is 21.7. The third-order valence-corrected chi connectivity index (χ3v) is 4.72. The van der Waals surface area contributed by atoms with Gasteiger partial charge in [-0.1, -0.05) is 54.1 Å². The molecule has 0 fully saturated rings. The van der Waals surface area contributed by atoms with E-state index in [1.807, 2.05) is 36.4 Å². The van der Waals surface area contributed by atoms with Gasteiger partial charge in [0.1, 0.15) is 0 Å². The molecule has 4 aromatic carbocycles. The molecule has 0 atom stereocenters. The number of aryl methyl sites for hydroxylation is 1. The van der Waals surface area contributed by atoms with E-state index in [9.17, 15) is 0 Å². The predicted octanol–water partition coefficient (Wildman–Crippen LogP) is 6.16. The monoisotopic (exact) mass is 350 g/mol. The lowest BCUT2D eigenvalue weighted by Crippen LogP contribution is -1.89. The van der Waals surface area contributed by atoms with Crippen LogP contribution in [0.1, 0.15) is 5.56 Å². The summed E-state index contributed by atoms with van der Waals surface area (Å²) in [6, 6.07) is 31.2. The third kappa shape index (κ3) is 3.70. The number of benzene rings is 4. The van der Waals surface area contributed by atoms with Crippen LogP contribution in [-0.4, -0.2) is 0 Å². The number of rotatable bonds is 3. The highest BCUT2D eigenvalue weighted by Gasteiger charge is 2.08. The number of nitrogens with two attached hydrogens (primary N) is 2. The van der Waals surface area contributed by atoms with Gasteiger partial charge in [-0.3, -0.25) is 0 Å². The zero-order chi connectivity index (χ0) is 18.8. The van der Waals surface area contributed by atoms with Gasteiger partial charge in [0, 0.05) is 11.4 Å². The van der Waals surface area contributed by atoms with Crippen molar-refractivity contribution in [2.75, 3.05) is 11.5 Å². The molecule has 0 radical (unpaired) electrons. The van der Waals surface area contributed by atoms with Crippen LogP contribution in [0.4, 0.5) is 11.4 Å². The Morgan fingerprint density at radius 1 is 0.444 bits per heavy atom. The molecule has 0 aliphatic carbocycles. The maximum Gasteiger partial charge on any atom is 0.0320 e. The van der Waals surface area contributed by atoms with E-state index in [1.54, 1.807) is 0 Å². The number of nitrogen functional groups attached to an aromatic ring is 2. The van der Waals surface area contributed by atoms with E-state index >= 15 is 0 Å². The van der Waals surface area contributed by atoms with Crippen LogP contribution in [0.25, 0.3) is 33.4 Å². The molecule has 0 saturated heterocycles. The molecule has 132 valence electrons. The van der Waals surface area contributed by atoms with Crippen LogP contribution in [0.5, 0.6) is 0 Å². The normalized spacial score (nSPS) is 10.7. The summed E-state index contributed by atoms with van der Waals surface area (Å²) in [7, 11) is 0. The van der Waals surface area contributed by atoms with E-state index in [2.05, 4.69) is 61.5 Å². The lowest BCUT2D eigenvalue weighted by molar-refractivity contribution is 1.46. The maximum atomic E-state index is 6.02. The molecule has 27 heavy (non-hydrogen) atoms. The molecule has 2 heteroatoms. The third-order valence-electron chi connectivity index (χ3n) is 4.72. The van der Waals surface area contributed by atoms with Gasteiger partial charge in [0.05, 0.1) is 0 Å². The average Bonchev–Trinajstić information content (AvgIpc) is 2.68. The molecule has 2 nitrogen and oxygen atoms in total. The Balaban J connectivity index is 1.94. The summed E-state index contributed by atoms with van der Waals surface area (Å²) >= 11 is 0. The molecule has 4 rings (SSSR count). The highest BCUT2D eigenvalue weighted by molar-refractivity contribution is 5.82. The average molecular weight is 350 g/mol. The van der Waals surface area contributed by atoms with Crippen molar-refractivity contribution >= 4 is 11.4 Å². The van der Waals surface area contributed by atoms with Crippen LogP contribution >= 0.6 is 0 Å². The van der Waals surface area contributed by atoms with Gasteiger partial charge in [-0.25, -0.2) is 0 Å². The van der Waals surface area contributed by atoms with Crippen LogP contribution in [0.15, 0.2) is 91.0 Å². The van der Waals surface area contributed by atoms with E-state index in [1.165, 1.54) is 16.7 Å². The SMILES string of the molecule is Cc1cccc(-c2cc(-c3cccc(N)c3)cc(-c3cccc(N)c3)c2)c1. The van der Waals surface area contributed by atoms with Gasteiger partial charge in [0.25, 0.3) is 0 Å². The van der Waals surface area contributed by atoms with Gasteiger partial charge in [-0.2, -0.15) is 0 Å². The van der Waals surface area contributed by atoms with Crippen molar-refractivity contribution in [1.82, 2.24) is 0 Å². The first kappa shape index (κ1) is 16.9. The van der Waals surface area contributed by atoms with Crippen LogP contribution in [0.2, 0.25) is 0 Å². The molecular formula is C25H22N2. The highest BCUT2D eigenvalue weighted by atomic mass is 14.5. The van der Waals surface area contributed by atoms with Crippen LogP contribution in [-0.2, 0) is 0 Å². The predicted molar refractivity (Wildman–Crippen MR) is 116 cm³/mol. The Morgan fingerprint density at radius 2 is 0.852 bits per heavy atom. The highest BCUT2D eigenvalue weighted by Crippen LogP contribution is 2.34. The fourth-order valence-electron chi connectivity index (χ4n) is 3.39. The summed E-state index contributed by atoms with van der Waals surface area (Å²) in [6.45, 7) is 2.12. The first-order valence-corrected chi connectivity index (χ1v) is 9.02. The number of hydrogen-bond acceptors (Lipinski definition) is 2. The van der Waals surface area contributed by atoms with Crippen LogP contribution in [0.3, 0.4) is 0 Å². The molecule has 4 N–H and O–H groups in total. The largest absolute Gasteiger partial charge is 0.399 e. The summed E-state index contributed by atoms with van der Waals surface area (Å²) in [4.78, 5) is 0. The second-order valence-corrected chi connectivity index (χ2v) is 6.92. The van der Waals surface area contributed by atoms with E-state index < -0.39 is 0 Å². The Bertz CT molecular complexity index is 959. The minimum absolute atomic E-state index is 0.763. The van der Waals surface area contributed by atoms with Gasteiger partial charge >= 0.3 is 0 Å². The van der Waals surface area contributed by atoms with Crippen molar-refractivity contribution in [2.45, 2.75) is 6.92 Å². The van der Waals surface area contributed by atoms with E-state index in [4.69, 9.17) is 11.5 Å². The Morgan fingerprint density at radius 3 is 1.26 bits per heavy atom. The molecule has 0 unspecified atom stereocenters. The molecule has 0 aromatic heterocycles. The fourth-order valence-corrected chi connectivity index (χ4v) is 3.39. The molecule has 4 aromatic rings. The maximum absolute atomic E-state index is 6.02. The van der Waals surface area contributed by atoms with Crippen molar-refractivity contribution < 1.29 is 0 Å². The topological polar surface area (TPSA) is 52.0 Å². The second-order valence-electron chi connectivity index (χ2n) is 6.92. The van der Waals surface area contributed by atoms with Crippen molar-refractivity contribution in [3.05, 3.63) is 96.6 Å². The van der Waals surface area contributed by atoms with Gasteiger partial charge in [0.2, 0.25) is 0 Å². The minimum atomic E-state index is 0.763. The summed E-state index contributed by atoms with van der Waals surface area (Å²) in [5.74, 6) is 0. The molecule has 0 spiro atoms. The molecule has 0 bridgehead atoms. The molecule has 0 saturated carbocycles. The lowest BCUT2D eigenvalue weighted by atomic mass is 9.92. The van der Waals surface area contributed by atoms with Gasteiger partial charge in [0.15, 0.2) is 0 Å². The van der Waals surface area contributed by atoms with E-state index in [0.717, 1.165) is 33.6 Å². The molecule has 0 aliphatic rings. The Kier molecular flexibility index (Phi) is 4.39. The summed E-state index contributed by atoms with van der Waals surface area (Å²) in [5, 5.41) is 0. The van der Waals surface area contributed by atoms with Crippen LogP contribution in [0, 0.1) is 6.92 Å². The zero-order valence-corrected chi connectivity index (χ0v) is 15.3. The van der Waals surface area contributed by atoms with Crippen molar-refractivity contribution in [1.29, 1.82) is 0 Å². The Labute approximate surface area is 160 Å². The van der Waals surface area contributed by atoms with Gasteiger partial charge in [-0.05, 0) is 82.8 Å². The van der Waals surface area contributed by atoms with Crippen molar-refractivity contribution in [2.24, 2.45) is 0 Å². The smallest absolute Gasteiger partial charge is 0.0320 e. The standard InChI is InChI=1S/C25H22N2/c1-17-5-2-6-18(11-17)21-12-22(19-7-3-9-24(26)15-19)14-23(13-21)20-8-4-10-25(27)16-20/h2-16H,26-27H2,1H3. The van der Waals surface area contributed by atoms with Crippen molar-refractivity contribution in [3.63, 3.8) is 0 Å². The zero-order valence-electron chi connectivity index (χ0n) is 15.3. The molecule has 0 aliphatic heterocycles. The van der Waals surface area contributed by atoms with Gasteiger partial charge < -0.3 is 11.5 Å². The molecular weight excluding hydrogens is 328 g/mol. The minimum Gasteiger partial charge on any atom is -0.399 e. The second kappa shape index (κ2) is 7.00.